The first-order chi connectivity index (χ1) is 15.0. The Labute approximate surface area is 189 Å². The van der Waals surface area contributed by atoms with Crippen molar-refractivity contribution in [2.45, 2.75) is 36.7 Å². The minimum atomic E-state index is -3.65. The fraction of sp³-hybridized carbons (Fsp3) is 0.375. The number of aromatic nitrogens is 1. The highest BCUT2D eigenvalue weighted by Gasteiger charge is 2.33. The van der Waals surface area contributed by atoms with Crippen molar-refractivity contribution in [2.75, 3.05) is 28.2 Å². The summed E-state index contributed by atoms with van der Waals surface area (Å²) in [5.41, 5.74) is 3.83. The minimum Gasteiger partial charge on any atom is -0.481 e. The van der Waals surface area contributed by atoms with E-state index in [2.05, 4.69) is 4.57 Å². The zero-order chi connectivity index (χ0) is 23.3. The van der Waals surface area contributed by atoms with Gasteiger partial charge in [-0.1, -0.05) is 18.2 Å². The Morgan fingerprint density at radius 3 is 2.41 bits per heavy atom. The third-order valence-corrected chi connectivity index (χ3v) is 8.36. The molecule has 0 bridgehead atoms. The van der Waals surface area contributed by atoms with Crippen LogP contribution in [-0.4, -0.2) is 62.6 Å². The molecule has 1 aliphatic heterocycles. The van der Waals surface area contributed by atoms with Crippen molar-refractivity contribution < 1.29 is 18.3 Å². The van der Waals surface area contributed by atoms with Crippen molar-refractivity contribution in [2.24, 2.45) is 0 Å². The van der Waals surface area contributed by atoms with Crippen molar-refractivity contribution in [3.63, 3.8) is 0 Å². The Hall–Kier alpha value is -2.68. The van der Waals surface area contributed by atoms with E-state index in [1.807, 2.05) is 57.5 Å². The predicted molar refractivity (Wildman–Crippen MR) is 126 cm³/mol. The second kappa shape index (κ2) is 8.03. The molecule has 0 fully saturated rings. The highest BCUT2D eigenvalue weighted by molar-refractivity contribution is 7.89. The van der Waals surface area contributed by atoms with E-state index in [1.165, 1.54) is 4.31 Å². The third-order valence-electron chi connectivity index (χ3n) is 6.43. The number of rotatable bonds is 6. The lowest BCUT2D eigenvalue weighted by Gasteiger charge is -2.32. The maximum atomic E-state index is 13.4. The second-order valence-corrected chi connectivity index (χ2v) is 11.3. The molecule has 0 saturated carbocycles. The molecular weight excluding hydrogens is 426 g/mol. The average Bonchev–Trinajstić information content (AvgIpc) is 3.05. The van der Waals surface area contributed by atoms with Gasteiger partial charge >= 0.3 is 5.97 Å². The van der Waals surface area contributed by atoms with Crippen LogP contribution in [0.4, 0.5) is 5.69 Å². The number of fused-ring (bicyclic) bond motifs is 3. The van der Waals surface area contributed by atoms with E-state index in [0.717, 1.165) is 27.8 Å². The molecule has 170 valence electrons. The molecule has 1 aromatic heterocycles. The molecule has 1 N–H and O–H groups in total. The molecule has 2 heterocycles. The third kappa shape index (κ3) is 3.94. The monoisotopic (exact) mass is 456 g/mol. The number of carboxylic acids is 1. The van der Waals surface area contributed by atoms with Gasteiger partial charge in [0.2, 0.25) is 10.0 Å². The number of aliphatic carboxylic acids is 1. The van der Waals surface area contributed by atoms with Gasteiger partial charge in [-0.15, -0.1) is 0 Å². The summed E-state index contributed by atoms with van der Waals surface area (Å²) in [6.45, 7) is 0.502. The molecule has 2 aromatic carbocycles. The van der Waals surface area contributed by atoms with E-state index < -0.39 is 16.0 Å². The summed E-state index contributed by atoms with van der Waals surface area (Å²) in [5, 5.41) is 10.3. The molecular formula is C24H30N3O4S+. The molecule has 0 amide bonds. The number of carbonyl (C=O) groups is 1. The van der Waals surface area contributed by atoms with Crippen LogP contribution in [-0.2, 0) is 34.2 Å². The topological polar surface area (TPSA) is 79.6 Å². The number of para-hydroxylation sites is 1. The molecule has 3 aromatic rings. The zero-order valence-corrected chi connectivity index (χ0v) is 19.8. The van der Waals surface area contributed by atoms with E-state index in [0.29, 0.717) is 23.9 Å². The highest BCUT2D eigenvalue weighted by atomic mass is 32.2. The van der Waals surface area contributed by atoms with Gasteiger partial charge in [0, 0.05) is 48.4 Å². The first kappa shape index (κ1) is 22.5. The number of likely N-dealkylation sites (N-methyl/N-ethyl adjacent to an activating group) is 1. The molecule has 7 nitrogen and oxygen atoms in total. The van der Waals surface area contributed by atoms with Crippen LogP contribution in [0.3, 0.4) is 0 Å². The van der Waals surface area contributed by atoms with Crippen molar-refractivity contribution in [3.8, 4) is 0 Å². The fourth-order valence-corrected chi connectivity index (χ4v) is 5.98. The molecule has 0 unspecified atom stereocenters. The maximum Gasteiger partial charge on any atom is 0.307 e. The molecule has 8 heteroatoms. The van der Waals surface area contributed by atoms with Gasteiger partial charge in [0.1, 0.15) is 5.69 Å². The average molecular weight is 457 g/mol. The number of nitrogens with zero attached hydrogens (tertiary/aromatic N) is 3. The van der Waals surface area contributed by atoms with Crippen LogP contribution in [0.15, 0.2) is 53.4 Å². The maximum absolute atomic E-state index is 13.4. The van der Waals surface area contributed by atoms with Crippen molar-refractivity contribution >= 4 is 32.6 Å². The minimum absolute atomic E-state index is 0.0275. The predicted octanol–water partition coefficient (Wildman–Crippen LogP) is 3.10. The van der Waals surface area contributed by atoms with Crippen LogP contribution in [0.2, 0.25) is 0 Å². The van der Waals surface area contributed by atoms with Crippen LogP contribution in [0.25, 0.3) is 10.9 Å². The molecule has 0 aliphatic carbocycles. The van der Waals surface area contributed by atoms with Crippen LogP contribution in [0, 0.1) is 0 Å². The lowest BCUT2D eigenvalue weighted by Crippen LogP contribution is -2.42. The number of sulfonamides is 1. The van der Waals surface area contributed by atoms with Gasteiger partial charge in [0.25, 0.3) is 0 Å². The number of benzene rings is 2. The summed E-state index contributed by atoms with van der Waals surface area (Å²) in [6.07, 6.45) is 1.26. The first-order valence-electron chi connectivity index (χ1n) is 10.7. The van der Waals surface area contributed by atoms with E-state index in [1.54, 1.807) is 19.2 Å². The van der Waals surface area contributed by atoms with Crippen molar-refractivity contribution in [1.82, 2.24) is 13.4 Å². The highest BCUT2D eigenvalue weighted by Crippen LogP contribution is 2.33. The Morgan fingerprint density at radius 1 is 1.12 bits per heavy atom. The number of quaternary nitrogens is 1. The van der Waals surface area contributed by atoms with Gasteiger partial charge in [0.15, 0.2) is 0 Å². The van der Waals surface area contributed by atoms with Gasteiger partial charge in [-0.25, -0.2) is 8.42 Å². The van der Waals surface area contributed by atoms with Gasteiger partial charge in [0.05, 0.1) is 32.5 Å². The van der Waals surface area contributed by atoms with E-state index in [4.69, 9.17) is 0 Å². The summed E-state index contributed by atoms with van der Waals surface area (Å²) in [7, 11) is 4.10. The normalized spacial score (nSPS) is 17.0. The quantitative estimate of drug-likeness (QED) is 0.578. The summed E-state index contributed by atoms with van der Waals surface area (Å²) in [4.78, 5) is 11.7. The lowest BCUT2D eigenvalue weighted by molar-refractivity contribution is -0.136. The number of hydrogen-bond acceptors (Lipinski definition) is 3. The molecule has 0 saturated heterocycles. The van der Waals surface area contributed by atoms with Crippen LogP contribution in [0.1, 0.15) is 17.7 Å². The second-order valence-electron chi connectivity index (χ2n) is 9.34. The molecule has 1 aliphatic rings. The zero-order valence-electron chi connectivity index (χ0n) is 18.9. The Balaban J connectivity index is 1.65. The van der Waals surface area contributed by atoms with Gasteiger partial charge in [-0.2, -0.15) is 4.31 Å². The summed E-state index contributed by atoms with van der Waals surface area (Å²) < 4.78 is 30.9. The molecule has 0 radical (unpaired) electrons. The summed E-state index contributed by atoms with van der Waals surface area (Å²) >= 11 is 0. The van der Waals surface area contributed by atoms with E-state index in [-0.39, 0.29) is 17.4 Å². The molecule has 0 spiro atoms. The Bertz CT molecular complexity index is 1270. The fourth-order valence-electron chi connectivity index (χ4n) is 4.60. The van der Waals surface area contributed by atoms with Crippen LogP contribution in [0.5, 0.6) is 0 Å². The van der Waals surface area contributed by atoms with Gasteiger partial charge < -0.3 is 9.67 Å². The Kier molecular flexibility index (Phi) is 5.65. The molecule has 1 atom stereocenters. The molecule has 32 heavy (non-hydrogen) atoms. The standard InChI is InChI=1S/C24H29N3O4S/c1-25(32(30,31)19-12-10-18(11-13-19)27(2,3)4)17-9-14-23-21(15-24(28)29)20-7-5-6-8-22(20)26(23)16-17/h5-8,10-13,17H,9,14-16H2,1-4H3/p+1/t17-/m0/s1. The van der Waals surface area contributed by atoms with Crippen molar-refractivity contribution in [1.29, 1.82) is 0 Å². The van der Waals surface area contributed by atoms with Gasteiger partial charge in [-0.05, 0) is 36.6 Å². The van der Waals surface area contributed by atoms with E-state index in [9.17, 15) is 18.3 Å². The first-order valence-corrected chi connectivity index (χ1v) is 12.1. The van der Waals surface area contributed by atoms with Crippen LogP contribution < -0.4 is 4.48 Å². The van der Waals surface area contributed by atoms with Gasteiger partial charge in [-0.3, -0.25) is 9.28 Å². The number of hydrogen-bond donors (Lipinski definition) is 1. The Morgan fingerprint density at radius 2 is 1.78 bits per heavy atom. The summed E-state index contributed by atoms with van der Waals surface area (Å²) in [5.74, 6) is -0.858. The lowest BCUT2D eigenvalue weighted by atomic mass is 10.0. The largest absolute Gasteiger partial charge is 0.481 e. The summed E-state index contributed by atoms with van der Waals surface area (Å²) in [6, 6.07) is 14.6. The van der Waals surface area contributed by atoms with Crippen LogP contribution >= 0.6 is 0 Å². The molecule has 4 rings (SSSR count). The number of carboxylic acid groups (broad SMARTS) is 1. The van der Waals surface area contributed by atoms with Crippen molar-refractivity contribution in [3.05, 3.63) is 59.8 Å². The van der Waals surface area contributed by atoms with E-state index >= 15 is 0 Å². The SMILES string of the molecule is CN([C@H]1CCc2c(CC(=O)O)c3ccccc3n2C1)S(=O)(=O)c1ccc([N+](C)(C)C)cc1. The smallest absolute Gasteiger partial charge is 0.307 e.